The highest BCUT2D eigenvalue weighted by Crippen LogP contribution is 2.31. The minimum atomic E-state index is 0.548. The first-order valence-electron chi connectivity index (χ1n) is 5.11. The second kappa shape index (κ2) is 5.91. The van der Waals surface area contributed by atoms with Gasteiger partial charge in [-0.2, -0.15) is 0 Å². The number of rotatable bonds is 3. The smallest absolute Gasteiger partial charge is 0.0406 e. The fourth-order valence-electron chi connectivity index (χ4n) is 1.40. The highest BCUT2D eigenvalue weighted by atomic mass is 79.9. The summed E-state index contributed by atoms with van der Waals surface area (Å²) in [5, 5.41) is 0.758. The Hall–Kier alpha value is -0.480. The number of nitrogens with two attached hydrogens (primary N) is 1. The summed E-state index contributed by atoms with van der Waals surface area (Å²) in [6.45, 7) is 0.548. The lowest BCUT2D eigenvalue weighted by Gasteiger charge is -2.05. The number of benzene rings is 2. The topological polar surface area (TPSA) is 26.0 Å². The van der Waals surface area contributed by atoms with Crippen molar-refractivity contribution in [3.8, 4) is 0 Å². The summed E-state index contributed by atoms with van der Waals surface area (Å²) in [5.74, 6) is 0. The van der Waals surface area contributed by atoms with Crippen LogP contribution < -0.4 is 5.73 Å². The zero-order chi connectivity index (χ0) is 12.3. The zero-order valence-corrected chi connectivity index (χ0v) is 12.1. The minimum Gasteiger partial charge on any atom is -0.326 e. The molecule has 0 amide bonds. The molecule has 0 bridgehead atoms. The van der Waals surface area contributed by atoms with Gasteiger partial charge in [0.15, 0.2) is 0 Å². The maximum Gasteiger partial charge on any atom is 0.0406 e. The van der Waals surface area contributed by atoms with Crippen LogP contribution in [0.25, 0.3) is 0 Å². The largest absolute Gasteiger partial charge is 0.326 e. The Labute approximate surface area is 118 Å². The van der Waals surface area contributed by atoms with Crippen molar-refractivity contribution in [2.45, 2.75) is 16.3 Å². The Morgan fingerprint density at radius 2 is 1.71 bits per heavy atom. The molecule has 2 aromatic rings. The van der Waals surface area contributed by atoms with E-state index >= 15 is 0 Å². The van der Waals surface area contributed by atoms with Gasteiger partial charge in [-0.1, -0.05) is 45.4 Å². The molecule has 88 valence electrons. The van der Waals surface area contributed by atoms with E-state index in [4.69, 9.17) is 17.3 Å². The summed E-state index contributed by atoms with van der Waals surface area (Å²) in [7, 11) is 0. The molecule has 2 rings (SSSR count). The fourth-order valence-corrected chi connectivity index (χ4v) is 3.07. The number of halogens is 2. The van der Waals surface area contributed by atoms with Crippen LogP contribution in [-0.2, 0) is 6.54 Å². The number of hydrogen-bond acceptors (Lipinski definition) is 2. The van der Waals surface area contributed by atoms with E-state index in [-0.39, 0.29) is 0 Å². The quantitative estimate of drug-likeness (QED) is 0.883. The standard InChI is InChI=1S/C13H11BrClNS/c14-13-7-12(4-1-9(13)8-16)17-11-5-2-10(15)3-6-11/h1-7H,8,16H2. The van der Waals surface area contributed by atoms with E-state index in [9.17, 15) is 0 Å². The summed E-state index contributed by atoms with van der Waals surface area (Å²) in [5.41, 5.74) is 6.73. The Kier molecular flexibility index (Phi) is 4.51. The SMILES string of the molecule is NCc1ccc(Sc2ccc(Cl)cc2)cc1Br. The molecule has 2 aromatic carbocycles. The van der Waals surface area contributed by atoms with E-state index in [0.717, 1.165) is 15.1 Å². The zero-order valence-electron chi connectivity index (χ0n) is 8.99. The monoisotopic (exact) mass is 327 g/mol. The molecule has 0 aliphatic rings. The van der Waals surface area contributed by atoms with Crippen molar-refractivity contribution in [2.24, 2.45) is 5.73 Å². The molecular weight excluding hydrogens is 318 g/mol. The molecule has 0 spiro atoms. The summed E-state index contributed by atoms with van der Waals surface area (Å²) in [6.07, 6.45) is 0. The van der Waals surface area contributed by atoms with Crippen molar-refractivity contribution in [2.75, 3.05) is 0 Å². The number of hydrogen-bond donors (Lipinski definition) is 1. The van der Waals surface area contributed by atoms with E-state index in [0.29, 0.717) is 6.54 Å². The normalized spacial score (nSPS) is 10.5. The lowest BCUT2D eigenvalue weighted by Crippen LogP contribution is -1.96. The molecule has 0 fully saturated rings. The molecule has 4 heteroatoms. The second-order valence-corrected chi connectivity index (χ2v) is 5.95. The lowest BCUT2D eigenvalue weighted by atomic mass is 10.2. The minimum absolute atomic E-state index is 0.548. The van der Waals surface area contributed by atoms with Gasteiger partial charge in [0, 0.05) is 25.8 Å². The highest BCUT2D eigenvalue weighted by molar-refractivity contribution is 9.10. The molecule has 0 aliphatic carbocycles. The summed E-state index contributed by atoms with van der Waals surface area (Å²) < 4.78 is 1.05. The third-order valence-electron chi connectivity index (χ3n) is 2.29. The van der Waals surface area contributed by atoms with Crippen LogP contribution in [0.5, 0.6) is 0 Å². The van der Waals surface area contributed by atoms with Crippen LogP contribution in [0.4, 0.5) is 0 Å². The summed E-state index contributed by atoms with van der Waals surface area (Å²) >= 11 is 11.1. The second-order valence-electron chi connectivity index (χ2n) is 3.51. The highest BCUT2D eigenvalue weighted by Gasteiger charge is 2.02. The van der Waals surface area contributed by atoms with Gasteiger partial charge in [-0.25, -0.2) is 0 Å². The van der Waals surface area contributed by atoms with E-state index in [2.05, 4.69) is 28.1 Å². The molecule has 0 heterocycles. The van der Waals surface area contributed by atoms with Crippen LogP contribution in [0.1, 0.15) is 5.56 Å². The van der Waals surface area contributed by atoms with Gasteiger partial charge in [-0.3, -0.25) is 0 Å². The van der Waals surface area contributed by atoms with Crippen molar-refractivity contribution in [1.82, 2.24) is 0 Å². The Balaban J connectivity index is 2.19. The Bertz CT molecular complexity index is 513. The van der Waals surface area contributed by atoms with Gasteiger partial charge in [-0.05, 0) is 42.0 Å². The van der Waals surface area contributed by atoms with E-state index in [1.807, 2.05) is 30.3 Å². The molecule has 0 aromatic heterocycles. The maximum atomic E-state index is 5.85. The molecule has 0 atom stereocenters. The molecule has 1 nitrogen and oxygen atoms in total. The first-order chi connectivity index (χ1) is 8.19. The predicted octanol–water partition coefficient (Wildman–Crippen LogP) is 4.71. The van der Waals surface area contributed by atoms with Crippen LogP contribution in [0.15, 0.2) is 56.7 Å². The van der Waals surface area contributed by atoms with Crippen LogP contribution in [0, 0.1) is 0 Å². The first-order valence-corrected chi connectivity index (χ1v) is 7.09. The van der Waals surface area contributed by atoms with Gasteiger partial charge in [0.05, 0.1) is 0 Å². The molecule has 17 heavy (non-hydrogen) atoms. The van der Waals surface area contributed by atoms with Crippen molar-refractivity contribution >= 4 is 39.3 Å². The molecule has 0 unspecified atom stereocenters. The summed E-state index contributed by atoms with van der Waals surface area (Å²) in [4.78, 5) is 2.35. The molecule has 0 aliphatic heterocycles. The first kappa shape index (κ1) is 13.0. The lowest BCUT2D eigenvalue weighted by molar-refractivity contribution is 1.05. The van der Waals surface area contributed by atoms with E-state index in [1.165, 1.54) is 9.79 Å². The average Bonchev–Trinajstić information content (AvgIpc) is 2.32. The molecule has 0 saturated heterocycles. The third kappa shape index (κ3) is 3.49. The van der Waals surface area contributed by atoms with Gasteiger partial charge >= 0.3 is 0 Å². The average molecular weight is 329 g/mol. The van der Waals surface area contributed by atoms with E-state index < -0.39 is 0 Å². The van der Waals surface area contributed by atoms with Crippen molar-refractivity contribution in [3.63, 3.8) is 0 Å². The van der Waals surface area contributed by atoms with Crippen LogP contribution >= 0.6 is 39.3 Å². The van der Waals surface area contributed by atoms with Gasteiger partial charge < -0.3 is 5.73 Å². The van der Waals surface area contributed by atoms with Crippen LogP contribution in [-0.4, -0.2) is 0 Å². The predicted molar refractivity (Wildman–Crippen MR) is 77.6 cm³/mol. The van der Waals surface area contributed by atoms with Crippen molar-refractivity contribution in [1.29, 1.82) is 0 Å². The molecular formula is C13H11BrClNS. The Morgan fingerprint density at radius 1 is 1.06 bits per heavy atom. The Morgan fingerprint density at radius 3 is 2.29 bits per heavy atom. The van der Waals surface area contributed by atoms with Gasteiger partial charge in [0.25, 0.3) is 0 Å². The summed E-state index contributed by atoms with van der Waals surface area (Å²) in [6, 6.07) is 14.0. The van der Waals surface area contributed by atoms with E-state index in [1.54, 1.807) is 11.8 Å². The molecule has 0 saturated carbocycles. The van der Waals surface area contributed by atoms with Gasteiger partial charge in [0.1, 0.15) is 0 Å². The molecule has 0 radical (unpaired) electrons. The van der Waals surface area contributed by atoms with Crippen molar-refractivity contribution in [3.05, 3.63) is 57.5 Å². The van der Waals surface area contributed by atoms with Gasteiger partial charge in [-0.15, -0.1) is 0 Å². The fraction of sp³-hybridized carbons (Fsp3) is 0.0769. The third-order valence-corrected chi connectivity index (χ3v) is 4.28. The van der Waals surface area contributed by atoms with Crippen LogP contribution in [0.3, 0.4) is 0 Å². The van der Waals surface area contributed by atoms with Crippen LogP contribution in [0.2, 0.25) is 5.02 Å². The van der Waals surface area contributed by atoms with Gasteiger partial charge in [0.2, 0.25) is 0 Å². The molecule has 2 N–H and O–H groups in total. The van der Waals surface area contributed by atoms with Crippen molar-refractivity contribution < 1.29 is 0 Å². The maximum absolute atomic E-state index is 5.85.